The minimum atomic E-state index is -2.97. The molecule has 2 aliphatic heterocycles. The Balaban J connectivity index is 1.73. The topological polar surface area (TPSA) is 97.0 Å². The van der Waals surface area contributed by atoms with Crippen LogP contribution in [0.15, 0.2) is 4.99 Å². The second kappa shape index (κ2) is 7.42. The molecular formula is C13H26N4O3S. The van der Waals surface area contributed by atoms with Crippen molar-refractivity contribution in [3.63, 3.8) is 0 Å². The van der Waals surface area contributed by atoms with Crippen LogP contribution >= 0.6 is 0 Å². The Morgan fingerprint density at radius 3 is 3.05 bits per heavy atom. The number of nitrogens with zero attached hydrogens (tertiary/aromatic N) is 2. The van der Waals surface area contributed by atoms with Crippen LogP contribution in [-0.2, 0) is 14.6 Å². The molecule has 0 amide bonds. The van der Waals surface area contributed by atoms with Crippen LogP contribution in [-0.4, -0.2) is 75.7 Å². The quantitative estimate of drug-likeness (QED) is 0.508. The van der Waals surface area contributed by atoms with Crippen LogP contribution < -0.4 is 11.1 Å². The molecule has 21 heavy (non-hydrogen) atoms. The van der Waals surface area contributed by atoms with Crippen molar-refractivity contribution in [2.24, 2.45) is 10.7 Å². The Hall–Kier alpha value is -0.860. The van der Waals surface area contributed by atoms with E-state index in [1.54, 1.807) is 0 Å². The summed E-state index contributed by atoms with van der Waals surface area (Å²) in [6, 6.07) is 0.474. The zero-order valence-electron chi connectivity index (χ0n) is 12.6. The molecule has 2 aliphatic rings. The molecule has 0 radical (unpaired) electrons. The minimum absolute atomic E-state index is 0.0551. The predicted molar refractivity (Wildman–Crippen MR) is 83.2 cm³/mol. The summed E-state index contributed by atoms with van der Waals surface area (Å²) in [4.78, 5) is 6.77. The first kappa shape index (κ1) is 16.5. The Kier molecular flexibility index (Phi) is 5.83. The fourth-order valence-corrected chi connectivity index (χ4v) is 4.17. The molecule has 0 spiro atoms. The molecule has 0 aromatic heterocycles. The van der Waals surface area contributed by atoms with Crippen molar-refractivity contribution in [3.8, 4) is 0 Å². The standard InChI is InChI=1S/C13H26N4O3S/c1-2-17-5-3-4-11(17)8-15-13(14)16-9-12-10-21(18,19)7-6-20-12/h11-12H,2-10H2,1H3,(H3,14,15,16). The second-order valence-electron chi connectivity index (χ2n) is 5.64. The lowest BCUT2D eigenvalue weighted by atomic mass is 10.2. The van der Waals surface area contributed by atoms with Crippen LogP contribution in [0.25, 0.3) is 0 Å². The van der Waals surface area contributed by atoms with Crippen LogP contribution in [0, 0.1) is 0 Å². The van der Waals surface area contributed by atoms with Crippen molar-refractivity contribution in [3.05, 3.63) is 0 Å². The molecule has 0 saturated carbocycles. The molecule has 3 N–H and O–H groups in total. The van der Waals surface area contributed by atoms with Crippen LogP contribution in [0.3, 0.4) is 0 Å². The van der Waals surface area contributed by atoms with Crippen molar-refractivity contribution in [2.75, 3.05) is 44.3 Å². The Morgan fingerprint density at radius 2 is 2.33 bits per heavy atom. The first-order chi connectivity index (χ1) is 10.00. The smallest absolute Gasteiger partial charge is 0.188 e. The summed E-state index contributed by atoms with van der Waals surface area (Å²) in [5, 5.41) is 2.97. The maximum absolute atomic E-state index is 11.5. The highest BCUT2D eigenvalue weighted by Gasteiger charge is 2.25. The third kappa shape index (κ3) is 5.12. The van der Waals surface area contributed by atoms with Gasteiger partial charge in [-0.3, -0.25) is 9.89 Å². The summed E-state index contributed by atoms with van der Waals surface area (Å²) < 4.78 is 28.4. The van der Waals surface area contributed by atoms with Crippen molar-refractivity contribution >= 4 is 15.8 Å². The minimum Gasteiger partial charge on any atom is -0.374 e. The van der Waals surface area contributed by atoms with E-state index in [1.807, 2.05) is 0 Å². The summed E-state index contributed by atoms with van der Waals surface area (Å²) in [6.45, 7) is 5.68. The largest absolute Gasteiger partial charge is 0.374 e. The van der Waals surface area contributed by atoms with Gasteiger partial charge in [0.25, 0.3) is 0 Å². The zero-order valence-corrected chi connectivity index (χ0v) is 13.4. The lowest BCUT2D eigenvalue weighted by molar-refractivity contribution is 0.0748. The monoisotopic (exact) mass is 318 g/mol. The van der Waals surface area contributed by atoms with Gasteiger partial charge in [0.15, 0.2) is 15.8 Å². The fourth-order valence-electron chi connectivity index (χ4n) is 2.87. The van der Waals surface area contributed by atoms with Gasteiger partial charge in [0.05, 0.1) is 30.8 Å². The fraction of sp³-hybridized carbons (Fsp3) is 0.923. The van der Waals surface area contributed by atoms with E-state index in [2.05, 4.69) is 22.1 Å². The number of likely N-dealkylation sites (tertiary alicyclic amines) is 1. The molecule has 2 atom stereocenters. The van der Waals surface area contributed by atoms with Crippen molar-refractivity contribution in [1.82, 2.24) is 10.2 Å². The number of sulfone groups is 1. The zero-order chi connectivity index (χ0) is 15.3. The van der Waals surface area contributed by atoms with Gasteiger partial charge in [-0.2, -0.15) is 0 Å². The summed E-state index contributed by atoms with van der Waals surface area (Å²) in [6.07, 6.45) is 2.04. The van der Waals surface area contributed by atoms with Crippen LogP contribution in [0.2, 0.25) is 0 Å². The van der Waals surface area contributed by atoms with Crippen LogP contribution in [0.4, 0.5) is 0 Å². The number of nitrogens with one attached hydrogen (secondary N) is 1. The van der Waals surface area contributed by atoms with Crippen molar-refractivity contribution < 1.29 is 13.2 Å². The molecular weight excluding hydrogens is 292 g/mol. The van der Waals surface area contributed by atoms with E-state index >= 15 is 0 Å². The molecule has 8 heteroatoms. The van der Waals surface area contributed by atoms with E-state index in [-0.39, 0.29) is 24.2 Å². The Labute approximate surface area is 126 Å². The maximum Gasteiger partial charge on any atom is 0.188 e. The van der Waals surface area contributed by atoms with Gasteiger partial charge in [0.2, 0.25) is 0 Å². The van der Waals surface area contributed by atoms with Gasteiger partial charge in [-0.15, -0.1) is 0 Å². The number of ether oxygens (including phenoxy) is 1. The SMILES string of the molecule is CCN1CCCC1CN=C(N)NCC1CS(=O)(=O)CCO1. The average molecular weight is 318 g/mol. The van der Waals surface area contributed by atoms with E-state index in [1.165, 1.54) is 6.42 Å². The Morgan fingerprint density at radius 1 is 1.52 bits per heavy atom. The van der Waals surface area contributed by atoms with Gasteiger partial charge < -0.3 is 15.8 Å². The first-order valence-electron chi connectivity index (χ1n) is 7.60. The molecule has 2 rings (SSSR count). The maximum atomic E-state index is 11.5. The van der Waals surface area contributed by atoms with Gasteiger partial charge in [0, 0.05) is 12.6 Å². The number of guanidine groups is 1. The molecule has 2 fully saturated rings. The lowest BCUT2D eigenvalue weighted by Crippen LogP contribution is -2.45. The highest BCUT2D eigenvalue weighted by molar-refractivity contribution is 7.91. The molecule has 0 bridgehead atoms. The third-order valence-corrected chi connectivity index (χ3v) is 5.74. The Bertz CT molecular complexity index is 466. The van der Waals surface area contributed by atoms with Crippen molar-refractivity contribution in [1.29, 1.82) is 0 Å². The molecule has 7 nitrogen and oxygen atoms in total. The number of hydrogen-bond acceptors (Lipinski definition) is 5. The molecule has 2 saturated heterocycles. The number of nitrogens with two attached hydrogens (primary N) is 1. The van der Waals surface area contributed by atoms with Crippen molar-refractivity contribution in [2.45, 2.75) is 31.9 Å². The van der Waals surface area contributed by atoms with Gasteiger partial charge in [-0.05, 0) is 25.9 Å². The predicted octanol–water partition coefficient (Wildman–Crippen LogP) is -0.811. The van der Waals surface area contributed by atoms with Gasteiger partial charge in [-0.25, -0.2) is 8.42 Å². The van der Waals surface area contributed by atoms with Crippen LogP contribution in [0.1, 0.15) is 19.8 Å². The first-order valence-corrected chi connectivity index (χ1v) is 9.42. The summed E-state index contributed by atoms with van der Waals surface area (Å²) >= 11 is 0. The molecule has 0 aromatic carbocycles. The highest BCUT2D eigenvalue weighted by atomic mass is 32.2. The van der Waals surface area contributed by atoms with Gasteiger partial charge >= 0.3 is 0 Å². The average Bonchev–Trinajstić information content (AvgIpc) is 2.89. The number of likely N-dealkylation sites (N-methyl/N-ethyl adjacent to an activating group) is 1. The number of aliphatic imine (C=N–C) groups is 1. The highest BCUT2D eigenvalue weighted by Crippen LogP contribution is 2.16. The van der Waals surface area contributed by atoms with E-state index in [0.717, 1.165) is 19.5 Å². The molecule has 2 unspecified atom stereocenters. The number of hydrogen-bond donors (Lipinski definition) is 2. The normalized spacial score (nSPS) is 30.4. The molecule has 122 valence electrons. The second-order valence-corrected chi connectivity index (χ2v) is 7.87. The van der Waals surface area contributed by atoms with E-state index in [0.29, 0.717) is 25.1 Å². The van der Waals surface area contributed by atoms with Gasteiger partial charge in [0.1, 0.15) is 0 Å². The molecule has 2 heterocycles. The molecule has 0 aromatic rings. The van der Waals surface area contributed by atoms with E-state index in [4.69, 9.17) is 10.5 Å². The summed E-state index contributed by atoms with van der Waals surface area (Å²) in [5.74, 6) is 0.533. The summed E-state index contributed by atoms with van der Waals surface area (Å²) in [5.41, 5.74) is 5.84. The molecule has 0 aliphatic carbocycles. The third-order valence-electron chi connectivity index (χ3n) is 4.08. The number of rotatable bonds is 5. The van der Waals surface area contributed by atoms with Gasteiger partial charge in [-0.1, -0.05) is 6.92 Å². The van der Waals surface area contributed by atoms with E-state index in [9.17, 15) is 8.42 Å². The van der Waals surface area contributed by atoms with E-state index < -0.39 is 9.84 Å². The summed E-state index contributed by atoms with van der Waals surface area (Å²) in [7, 11) is -2.97. The lowest BCUT2D eigenvalue weighted by Gasteiger charge is -2.23. The van der Waals surface area contributed by atoms with Crippen LogP contribution in [0.5, 0.6) is 0 Å².